The van der Waals surface area contributed by atoms with Gasteiger partial charge in [-0.25, -0.2) is 9.78 Å². The van der Waals surface area contributed by atoms with Crippen LogP contribution in [0.3, 0.4) is 0 Å². The van der Waals surface area contributed by atoms with Crippen molar-refractivity contribution in [1.29, 1.82) is 0 Å². The molecule has 7 nitrogen and oxygen atoms in total. The van der Waals surface area contributed by atoms with Crippen LogP contribution in [0.2, 0.25) is 0 Å². The molecule has 168 valence electrons. The zero-order chi connectivity index (χ0) is 22.7. The third kappa shape index (κ3) is 4.45. The van der Waals surface area contributed by atoms with Crippen LogP contribution in [0, 0.1) is 0 Å². The molecule has 1 saturated heterocycles. The number of esters is 1. The Morgan fingerprint density at radius 2 is 2.03 bits per heavy atom. The average molecular weight is 472 g/mol. The highest BCUT2D eigenvalue weighted by Gasteiger charge is 2.33. The molecule has 0 saturated carbocycles. The summed E-state index contributed by atoms with van der Waals surface area (Å²) in [6.07, 6.45) is 2.39. The van der Waals surface area contributed by atoms with Gasteiger partial charge in [0.25, 0.3) is 5.56 Å². The molecule has 0 radical (unpaired) electrons. The van der Waals surface area contributed by atoms with Gasteiger partial charge in [-0.2, -0.15) is 0 Å². The van der Waals surface area contributed by atoms with E-state index in [0.29, 0.717) is 34.9 Å². The highest BCUT2D eigenvalue weighted by molar-refractivity contribution is 7.99. The minimum Gasteiger partial charge on any atom is -0.464 e. The number of carbonyl (C=O) groups is 2. The molecule has 1 aliphatic heterocycles. The van der Waals surface area contributed by atoms with Gasteiger partial charge in [-0.1, -0.05) is 42.1 Å². The second kappa shape index (κ2) is 9.87. The van der Waals surface area contributed by atoms with Crippen molar-refractivity contribution in [2.24, 2.45) is 7.05 Å². The second-order valence-corrected chi connectivity index (χ2v) is 9.39. The van der Waals surface area contributed by atoms with Gasteiger partial charge in [-0.15, -0.1) is 11.3 Å². The van der Waals surface area contributed by atoms with Gasteiger partial charge < -0.3 is 9.64 Å². The molecule has 0 bridgehead atoms. The molecular formula is C23H25N3O4S2. The Labute approximate surface area is 194 Å². The number of carbonyl (C=O) groups excluding carboxylic acids is 2. The first-order valence-electron chi connectivity index (χ1n) is 10.6. The van der Waals surface area contributed by atoms with E-state index < -0.39 is 6.04 Å². The predicted octanol–water partition coefficient (Wildman–Crippen LogP) is 3.70. The third-order valence-electron chi connectivity index (χ3n) is 5.57. The van der Waals surface area contributed by atoms with E-state index in [0.717, 1.165) is 24.0 Å². The van der Waals surface area contributed by atoms with E-state index in [9.17, 15) is 14.4 Å². The molecule has 1 atom stereocenters. The van der Waals surface area contributed by atoms with E-state index in [4.69, 9.17) is 4.74 Å². The standard InChI is InChI=1S/C23H25N3O4S2/c1-3-30-22(29)17-11-7-8-12-26(17)18(27)14-32-23-24-20-19(21(28)25(23)2)16(13-31-20)15-9-5-4-6-10-15/h4-6,9-10,13,17H,3,7-8,11-12,14H2,1-2H3/t17-/m1/s1. The SMILES string of the molecule is CCOC(=O)[C@H]1CCCCN1C(=O)CSc1nc2scc(-c3ccccc3)c2c(=O)n1C. The van der Waals surface area contributed by atoms with Crippen LogP contribution in [0.4, 0.5) is 0 Å². The number of hydrogen-bond donors (Lipinski definition) is 0. The minimum atomic E-state index is -0.526. The molecule has 1 aromatic carbocycles. The number of amides is 1. The minimum absolute atomic E-state index is 0.110. The molecule has 1 fully saturated rings. The lowest BCUT2D eigenvalue weighted by Crippen LogP contribution is -2.49. The highest BCUT2D eigenvalue weighted by Crippen LogP contribution is 2.32. The summed E-state index contributed by atoms with van der Waals surface area (Å²) in [4.78, 5) is 45.3. The molecular weight excluding hydrogens is 446 g/mol. The van der Waals surface area contributed by atoms with Crippen LogP contribution in [0.25, 0.3) is 21.3 Å². The number of likely N-dealkylation sites (tertiary alicyclic amines) is 1. The maximum Gasteiger partial charge on any atom is 0.328 e. The van der Waals surface area contributed by atoms with Crippen molar-refractivity contribution < 1.29 is 14.3 Å². The van der Waals surface area contributed by atoms with E-state index >= 15 is 0 Å². The molecule has 1 aliphatic rings. The quantitative estimate of drug-likeness (QED) is 0.310. The summed E-state index contributed by atoms with van der Waals surface area (Å²) in [5.74, 6) is -0.374. The Bertz CT molecular complexity index is 1190. The van der Waals surface area contributed by atoms with E-state index in [2.05, 4.69) is 4.98 Å². The normalized spacial score (nSPS) is 16.3. The topological polar surface area (TPSA) is 81.5 Å². The van der Waals surface area contributed by atoms with E-state index in [1.54, 1.807) is 18.9 Å². The monoisotopic (exact) mass is 471 g/mol. The lowest BCUT2D eigenvalue weighted by atomic mass is 10.0. The van der Waals surface area contributed by atoms with Crippen molar-refractivity contribution in [3.8, 4) is 11.1 Å². The first-order valence-corrected chi connectivity index (χ1v) is 12.5. The van der Waals surface area contributed by atoms with Crippen molar-refractivity contribution in [2.75, 3.05) is 18.9 Å². The van der Waals surface area contributed by atoms with Crippen LogP contribution in [-0.4, -0.2) is 51.3 Å². The van der Waals surface area contributed by atoms with Gasteiger partial charge in [-0.05, 0) is 31.7 Å². The number of piperidine rings is 1. The molecule has 3 heterocycles. The fraction of sp³-hybridized carbons (Fsp3) is 0.391. The molecule has 32 heavy (non-hydrogen) atoms. The number of rotatable bonds is 6. The van der Waals surface area contributed by atoms with Crippen LogP contribution in [-0.2, 0) is 21.4 Å². The van der Waals surface area contributed by atoms with Crippen molar-refractivity contribution in [3.05, 3.63) is 46.1 Å². The first kappa shape index (κ1) is 22.5. The summed E-state index contributed by atoms with van der Waals surface area (Å²) in [6, 6.07) is 9.24. The number of fused-ring (bicyclic) bond motifs is 1. The van der Waals surface area contributed by atoms with Crippen LogP contribution in [0.5, 0.6) is 0 Å². The molecule has 9 heteroatoms. The molecule has 0 unspecified atom stereocenters. The van der Waals surface area contributed by atoms with Crippen LogP contribution in [0.15, 0.2) is 45.7 Å². The van der Waals surface area contributed by atoms with E-state index in [-0.39, 0.29) is 23.2 Å². The Morgan fingerprint density at radius 3 is 2.78 bits per heavy atom. The van der Waals surface area contributed by atoms with Crippen molar-refractivity contribution >= 4 is 45.2 Å². The summed E-state index contributed by atoms with van der Waals surface area (Å²) in [7, 11) is 1.68. The number of hydrogen-bond acceptors (Lipinski definition) is 7. The van der Waals surface area contributed by atoms with Crippen LogP contribution >= 0.6 is 23.1 Å². The van der Waals surface area contributed by atoms with Gasteiger partial charge in [0.1, 0.15) is 10.9 Å². The van der Waals surface area contributed by atoms with Gasteiger partial charge in [0.05, 0.1) is 17.7 Å². The molecule has 4 rings (SSSR count). The maximum atomic E-state index is 13.1. The van der Waals surface area contributed by atoms with Crippen LogP contribution in [0.1, 0.15) is 26.2 Å². The molecule has 0 N–H and O–H groups in total. The smallest absolute Gasteiger partial charge is 0.328 e. The van der Waals surface area contributed by atoms with Crippen molar-refractivity contribution in [1.82, 2.24) is 14.5 Å². The number of benzene rings is 1. The summed E-state index contributed by atoms with van der Waals surface area (Å²) in [6.45, 7) is 2.60. The Hall–Kier alpha value is -2.65. The largest absolute Gasteiger partial charge is 0.464 e. The number of aromatic nitrogens is 2. The van der Waals surface area contributed by atoms with E-state index in [1.165, 1.54) is 27.7 Å². The Balaban J connectivity index is 1.55. The number of thiophene rings is 1. The van der Waals surface area contributed by atoms with Crippen molar-refractivity contribution in [2.45, 2.75) is 37.4 Å². The lowest BCUT2D eigenvalue weighted by molar-refractivity contribution is -0.155. The maximum absolute atomic E-state index is 13.1. The Kier molecular flexibility index (Phi) is 6.95. The Morgan fingerprint density at radius 1 is 1.25 bits per heavy atom. The zero-order valence-corrected chi connectivity index (χ0v) is 19.7. The van der Waals surface area contributed by atoms with Gasteiger partial charge >= 0.3 is 5.97 Å². The van der Waals surface area contributed by atoms with Gasteiger partial charge in [0.2, 0.25) is 5.91 Å². The van der Waals surface area contributed by atoms with Gasteiger partial charge in [-0.3, -0.25) is 14.2 Å². The molecule has 0 aliphatic carbocycles. The van der Waals surface area contributed by atoms with Gasteiger partial charge in [0.15, 0.2) is 5.16 Å². The first-order chi connectivity index (χ1) is 15.5. The molecule has 2 aromatic heterocycles. The molecule has 1 amide bonds. The summed E-state index contributed by atoms with van der Waals surface area (Å²) in [5.41, 5.74) is 1.72. The number of thioether (sulfide) groups is 1. The fourth-order valence-electron chi connectivity index (χ4n) is 3.94. The summed E-state index contributed by atoms with van der Waals surface area (Å²) >= 11 is 2.65. The zero-order valence-electron chi connectivity index (χ0n) is 18.1. The highest BCUT2D eigenvalue weighted by atomic mass is 32.2. The average Bonchev–Trinajstić information content (AvgIpc) is 3.25. The second-order valence-electron chi connectivity index (χ2n) is 7.59. The summed E-state index contributed by atoms with van der Waals surface area (Å²) in [5, 5.41) is 3.03. The summed E-state index contributed by atoms with van der Waals surface area (Å²) < 4.78 is 6.65. The van der Waals surface area contributed by atoms with Crippen LogP contribution < -0.4 is 5.56 Å². The molecule has 0 spiro atoms. The fourth-order valence-corrected chi connectivity index (χ4v) is 5.78. The number of ether oxygens (including phenoxy) is 1. The third-order valence-corrected chi connectivity index (χ3v) is 7.45. The van der Waals surface area contributed by atoms with E-state index in [1.807, 2.05) is 35.7 Å². The lowest BCUT2D eigenvalue weighted by Gasteiger charge is -2.34. The van der Waals surface area contributed by atoms with Gasteiger partial charge in [0, 0.05) is 24.5 Å². The predicted molar refractivity (Wildman–Crippen MR) is 127 cm³/mol. The molecule has 3 aromatic rings. The van der Waals surface area contributed by atoms with Crippen molar-refractivity contribution in [3.63, 3.8) is 0 Å². The number of nitrogens with zero attached hydrogens (tertiary/aromatic N) is 3.